The summed E-state index contributed by atoms with van der Waals surface area (Å²) in [6, 6.07) is 10.1. The topological polar surface area (TPSA) is 58.0 Å². The van der Waals surface area contributed by atoms with E-state index in [1.54, 1.807) is 9.69 Å². The lowest BCUT2D eigenvalue weighted by Crippen LogP contribution is -2.43. The molecule has 3 rings (SSSR count). The van der Waals surface area contributed by atoms with Gasteiger partial charge in [0.1, 0.15) is 6.17 Å². The number of hydrogen-bond acceptors (Lipinski definition) is 6. The van der Waals surface area contributed by atoms with Crippen molar-refractivity contribution >= 4 is 35.0 Å². The lowest BCUT2D eigenvalue weighted by molar-refractivity contribution is 0.327. The summed E-state index contributed by atoms with van der Waals surface area (Å²) in [7, 11) is 1.87. The molecule has 0 saturated heterocycles. The molecule has 0 bridgehead atoms. The average Bonchev–Trinajstić information content (AvgIpc) is 2.85. The van der Waals surface area contributed by atoms with E-state index in [4.69, 9.17) is 12.2 Å². The first-order valence-electron chi connectivity index (χ1n) is 6.06. The van der Waals surface area contributed by atoms with E-state index < -0.39 is 0 Å². The highest BCUT2D eigenvalue weighted by Crippen LogP contribution is 2.22. The normalized spacial score (nSPS) is 18.4. The molecule has 0 spiro atoms. The number of benzene rings is 1. The number of fused-ring (bicyclic) bond motifs is 1. The summed E-state index contributed by atoms with van der Waals surface area (Å²) in [4.78, 5) is 4.44. The van der Waals surface area contributed by atoms with Crippen molar-refractivity contribution in [2.45, 2.75) is 11.3 Å². The number of anilines is 1. The minimum atomic E-state index is -0.112. The third-order valence-corrected chi connectivity index (χ3v) is 3.95. The number of nitrogens with zero attached hydrogens (tertiary/aromatic N) is 4. The Morgan fingerprint density at radius 1 is 1.30 bits per heavy atom. The van der Waals surface area contributed by atoms with Crippen LogP contribution in [0.4, 0.5) is 5.95 Å². The van der Waals surface area contributed by atoms with Crippen molar-refractivity contribution in [3.05, 3.63) is 35.9 Å². The summed E-state index contributed by atoms with van der Waals surface area (Å²) in [6.07, 6.45) is 1.83. The molecule has 0 fully saturated rings. The van der Waals surface area contributed by atoms with E-state index in [1.165, 1.54) is 11.8 Å². The van der Waals surface area contributed by atoms with Crippen molar-refractivity contribution in [2.24, 2.45) is 0 Å². The largest absolute Gasteiger partial charge is 0.333 e. The number of hydrogen-bond donors (Lipinski definition) is 2. The summed E-state index contributed by atoms with van der Waals surface area (Å²) in [6.45, 7) is 0. The third-order valence-electron chi connectivity index (χ3n) is 2.97. The number of nitrogens with one attached hydrogen (secondary N) is 2. The summed E-state index contributed by atoms with van der Waals surface area (Å²) in [5, 5.41) is 10.7. The predicted octanol–water partition coefficient (Wildman–Crippen LogP) is 1.69. The standard InChI is InChI=1S/C12H14N6S2/c1-17-12(19)18-10(14-11(16-18)20-2)13-9(15-17)8-6-4-3-5-7-8/h3-7,9,15H,1-2H3,(H,13,14,16). The van der Waals surface area contributed by atoms with Crippen molar-refractivity contribution in [2.75, 3.05) is 18.6 Å². The van der Waals surface area contributed by atoms with Crippen LogP contribution in [0, 0.1) is 0 Å². The summed E-state index contributed by atoms with van der Waals surface area (Å²) < 4.78 is 1.64. The zero-order valence-electron chi connectivity index (χ0n) is 11.1. The zero-order valence-corrected chi connectivity index (χ0v) is 12.7. The van der Waals surface area contributed by atoms with E-state index in [9.17, 15) is 0 Å². The van der Waals surface area contributed by atoms with E-state index in [2.05, 4.69) is 20.8 Å². The third kappa shape index (κ3) is 2.37. The Bertz CT molecular complexity index is 626. The van der Waals surface area contributed by atoms with Gasteiger partial charge in [0.15, 0.2) is 0 Å². The maximum absolute atomic E-state index is 5.41. The Morgan fingerprint density at radius 2 is 2.05 bits per heavy atom. The highest BCUT2D eigenvalue weighted by atomic mass is 32.2. The van der Waals surface area contributed by atoms with Crippen molar-refractivity contribution in [1.82, 2.24) is 25.2 Å². The van der Waals surface area contributed by atoms with Crippen LogP contribution < -0.4 is 10.7 Å². The molecule has 2 N–H and O–H groups in total. The van der Waals surface area contributed by atoms with Gasteiger partial charge in [-0.15, -0.1) is 5.10 Å². The fourth-order valence-corrected chi connectivity index (χ4v) is 2.48. The minimum absolute atomic E-state index is 0.112. The average molecular weight is 306 g/mol. The second kappa shape index (κ2) is 5.39. The molecule has 2 aromatic rings. The van der Waals surface area contributed by atoms with Gasteiger partial charge >= 0.3 is 0 Å². The van der Waals surface area contributed by atoms with Gasteiger partial charge in [-0.05, 0) is 24.0 Å². The minimum Gasteiger partial charge on any atom is -0.333 e. The summed E-state index contributed by atoms with van der Waals surface area (Å²) >= 11 is 6.90. The molecule has 1 unspecified atom stereocenters. The maximum atomic E-state index is 5.41. The van der Waals surface area contributed by atoms with Crippen molar-refractivity contribution in [3.8, 4) is 0 Å². The molecular weight excluding hydrogens is 292 g/mol. The van der Waals surface area contributed by atoms with Crippen LogP contribution in [0.1, 0.15) is 11.7 Å². The van der Waals surface area contributed by atoms with Gasteiger partial charge in [-0.3, -0.25) is 5.01 Å². The molecule has 1 aliphatic heterocycles. The van der Waals surface area contributed by atoms with Crippen LogP contribution in [0.3, 0.4) is 0 Å². The van der Waals surface area contributed by atoms with Crippen LogP contribution in [-0.4, -0.2) is 38.2 Å². The lowest BCUT2D eigenvalue weighted by Gasteiger charge is -2.23. The fourth-order valence-electron chi connectivity index (χ4n) is 1.96. The Labute approximate surface area is 126 Å². The molecule has 1 aromatic carbocycles. The molecule has 20 heavy (non-hydrogen) atoms. The fraction of sp³-hybridized carbons (Fsp3) is 0.250. The molecule has 0 radical (unpaired) electrons. The van der Waals surface area contributed by atoms with Gasteiger partial charge in [0.2, 0.25) is 16.2 Å². The number of thioether (sulfide) groups is 1. The van der Waals surface area contributed by atoms with E-state index in [0.717, 1.165) is 5.56 Å². The molecule has 1 atom stereocenters. The highest BCUT2D eigenvalue weighted by molar-refractivity contribution is 7.98. The molecule has 6 nitrogen and oxygen atoms in total. The van der Waals surface area contributed by atoms with Crippen LogP contribution in [0.2, 0.25) is 0 Å². The number of thiocarbonyl (C=S) groups is 1. The van der Waals surface area contributed by atoms with Gasteiger partial charge in [0.25, 0.3) is 0 Å². The van der Waals surface area contributed by atoms with Gasteiger partial charge in [-0.1, -0.05) is 42.1 Å². The van der Waals surface area contributed by atoms with Gasteiger partial charge in [0.05, 0.1) is 0 Å². The molecule has 0 aliphatic carbocycles. The van der Waals surface area contributed by atoms with Gasteiger partial charge < -0.3 is 5.32 Å². The second-order valence-electron chi connectivity index (χ2n) is 4.29. The van der Waals surface area contributed by atoms with Crippen molar-refractivity contribution < 1.29 is 0 Å². The summed E-state index contributed by atoms with van der Waals surface area (Å²) in [5.41, 5.74) is 4.39. The molecule has 0 saturated carbocycles. The van der Waals surface area contributed by atoms with Crippen LogP contribution in [0.15, 0.2) is 35.5 Å². The lowest BCUT2D eigenvalue weighted by atomic mass is 10.2. The number of rotatable bonds is 2. The van der Waals surface area contributed by atoms with Gasteiger partial charge in [0, 0.05) is 7.05 Å². The molecule has 2 heterocycles. The van der Waals surface area contributed by atoms with Crippen LogP contribution in [0.5, 0.6) is 0 Å². The Balaban J connectivity index is 2.00. The van der Waals surface area contributed by atoms with E-state index in [-0.39, 0.29) is 6.17 Å². The van der Waals surface area contributed by atoms with Gasteiger partial charge in [-0.2, -0.15) is 9.67 Å². The Morgan fingerprint density at radius 3 is 2.75 bits per heavy atom. The first-order valence-corrected chi connectivity index (χ1v) is 7.69. The first kappa shape index (κ1) is 13.3. The highest BCUT2D eigenvalue weighted by Gasteiger charge is 2.25. The molecule has 104 valence electrons. The molecule has 8 heteroatoms. The Kier molecular flexibility index (Phi) is 3.60. The first-order chi connectivity index (χ1) is 9.69. The van der Waals surface area contributed by atoms with Crippen LogP contribution in [-0.2, 0) is 0 Å². The van der Waals surface area contributed by atoms with E-state index >= 15 is 0 Å². The zero-order chi connectivity index (χ0) is 14.1. The van der Waals surface area contributed by atoms with Crippen LogP contribution in [0.25, 0.3) is 0 Å². The molecular formula is C12H14N6S2. The van der Waals surface area contributed by atoms with Gasteiger partial charge in [-0.25, -0.2) is 5.43 Å². The number of aromatic nitrogens is 3. The van der Waals surface area contributed by atoms with Crippen LogP contribution >= 0.6 is 24.0 Å². The SMILES string of the molecule is CSc1nc2n(n1)C(=S)N(C)NC(c1ccccc1)N2. The quantitative estimate of drug-likeness (QED) is 0.647. The van der Waals surface area contributed by atoms with E-state index in [0.29, 0.717) is 16.2 Å². The Hall–Kier alpha value is -1.64. The van der Waals surface area contributed by atoms with Crippen molar-refractivity contribution in [3.63, 3.8) is 0 Å². The maximum Gasteiger partial charge on any atom is 0.230 e. The predicted molar refractivity (Wildman–Crippen MR) is 83.5 cm³/mol. The second-order valence-corrected chi connectivity index (χ2v) is 5.43. The summed E-state index contributed by atoms with van der Waals surface area (Å²) in [5.74, 6) is 0.644. The molecule has 1 aliphatic rings. The molecule has 0 amide bonds. The number of hydrazine groups is 1. The smallest absolute Gasteiger partial charge is 0.230 e. The monoisotopic (exact) mass is 306 g/mol. The molecule has 1 aromatic heterocycles. The van der Waals surface area contributed by atoms with Crippen molar-refractivity contribution in [1.29, 1.82) is 0 Å². The van der Waals surface area contributed by atoms with E-state index in [1.807, 2.05) is 43.6 Å².